The van der Waals surface area contributed by atoms with Crippen LogP contribution in [0.3, 0.4) is 0 Å². The number of benzene rings is 1. The molecule has 1 aromatic carbocycles. The summed E-state index contributed by atoms with van der Waals surface area (Å²) in [6, 6.07) is 5.25. The SMILES string of the molecule is C=CC(=O)N(Cc1cnc(C(C)O)s1)c1cccc(C(=O)NC)c1C. The van der Waals surface area contributed by atoms with Crippen molar-refractivity contribution in [2.24, 2.45) is 0 Å². The van der Waals surface area contributed by atoms with Crippen molar-refractivity contribution in [2.45, 2.75) is 26.5 Å². The van der Waals surface area contributed by atoms with Crippen molar-refractivity contribution in [1.82, 2.24) is 10.3 Å². The van der Waals surface area contributed by atoms with Gasteiger partial charge in [-0.3, -0.25) is 9.59 Å². The first-order chi connectivity index (χ1) is 11.9. The fraction of sp³-hybridized carbons (Fsp3) is 0.278. The Kier molecular flexibility index (Phi) is 6.06. The minimum absolute atomic E-state index is 0.209. The number of carbonyl (C=O) groups excluding carboxylic acids is 2. The Morgan fingerprint density at radius 2 is 2.20 bits per heavy atom. The van der Waals surface area contributed by atoms with E-state index in [0.29, 0.717) is 21.8 Å². The molecule has 1 heterocycles. The number of amides is 2. The Hall–Kier alpha value is -2.51. The molecule has 0 aliphatic rings. The number of aliphatic hydroxyl groups excluding tert-OH is 1. The lowest BCUT2D eigenvalue weighted by Gasteiger charge is -2.23. The minimum Gasteiger partial charge on any atom is -0.386 e. The van der Waals surface area contributed by atoms with Gasteiger partial charge in [0.2, 0.25) is 0 Å². The number of thiazole rings is 1. The van der Waals surface area contributed by atoms with Gasteiger partial charge in [0, 0.05) is 29.4 Å². The third-order valence-corrected chi connectivity index (χ3v) is 4.90. The van der Waals surface area contributed by atoms with Gasteiger partial charge < -0.3 is 15.3 Å². The van der Waals surface area contributed by atoms with Crippen molar-refractivity contribution >= 4 is 28.8 Å². The number of carbonyl (C=O) groups is 2. The molecule has 2 rings (SSSR count). The summed E-state index contributed by atoms with van der Waals surface area (Å²) in [5.74, 6) is -0.483. The van der Waals surface area contributed by atoms with Crippen LogP contribution < -0.4 is 10.2 Å². The van der Waals surface area contributed by atoms with Gasteiger partial charge in [0.05, 0.1) is 6.54 Å². The lowest BCUT2D eigenvalue weighted by atomic mass is 10.0. The number of hydrogen-bond acceptors (Lipinski definition) is 5. The second kappa shape index (κ2) is 8.04. The molecule has 0 spiro atoms. The molecule has 0 bridgehead atoms. The molecule has 1 aromatic heterocycles. The van der Waals surface area contributed by atoms with E-state index in [9.17, 15) is 14.7 Å². The maximum atomic E-state index is 12.4. The second-order valence-corrected chi connectivity index (χ2v) is 6.64. The molecule has 0 aliphatic heterocycles. The van der Waals surface area contributed by atoms with E-state index in [0.717, 1.165) is 4.88 Å². The van der Waals surface area contributed by atoms with Crippen LogP contribution in [0.25, 0.3) is 0 Å². The monoisotopic (exact) mass is 359 g/mol. The molecule has 25 heavy (non-hydrogen) atoms. The van der Waals surface area contributed by atoms with E-state index in [4.69, 9.17) is 0 Å². The predicted molar refractivity (Wildman–Crippen MR) is 98.7 cm³/mol. The van der Waals surface area contributed by atoms with Gasteiger partial charge in [0.1, 0.15) is 11.1 Å². The van der Waals surface area contributed by atoms with E-state index in [1.165, 1.54) is 17.4 Å². The first-order valence-corrected chi connectivity index (χ1v) is 8.59. The largest absolute Gasteiger partial charge is 0.386 e. The number of anilines is 1. The summed E-state index contributed by atoms with van der Waals surface area (Å²) in [5.41, 5.74) is 1.85. The van der Waals surface area contributed by atoms with Gasteiger partial charge in [0.15, 0.2) is 0 Å². The number of aliphatic hydroxyl groups is 1. The van der Waals surface area contributed by atoms with Gasteiger partial charge in [-0.1, -0.05) is 12.6 Å². The highest BCUT2D eigenvalue weighted by molar-refractivity contribution is 7.11. The Morgan fingerprint density at radius 3 is 2.76 bits per heavy atom. The van der Waals surface area contributed by atoms with Crippen LogP contribution in [0.1, 0.15) is 38.8 Å². The van der Waals surface area contributed by atoms with Crippen LogP contribution in [-0.4, -0.2) is 29.0 Å². The highest BCUT2D eigenvalue weighted by Crippen LogP contribution is 2.28. The van der Waals surface area contributed by atoms with Gasteiger partial charge in [0.25, 0.3) is 11.8 Å². The van der Waals surface area contributed by atoms with E-state index in [1.807, 2.05) is 0 Å². The lowest BCUT2D eigenvalue weighted by molar-refractivity contribution is -0.114. The summed E-state index contributed by atoms with van der Waals surface area (Å²) in [7, 11) is 1.57. The van der Waals surface area contributed by atoms with Crippen molar-refractivity contribution in [3.05, 3.63) is 58.1 Å². The van der Waals surface area contributed by atoms with E-state index >= 15 is 0 Å². The maximum Gasteiger partial charge on any atom is 0.251 e. The zero-order chi connectivity index (χ0) is 18.6. The normalized spacial score (nSPS) is 11.7. The summed E-state index contributed by atoms with van der Waals surface area (Å²) >= 11 is 1.34. The third-order valence-electron chi connectivity index (χ3n) is 3.75. The van der Waals surface area contributed by atoms with Gasteiger partial charge in [-0.15, -0.1) is 11.3 Å². The van der Waals surface area contributed by atoms with E-state index in [2.05, 4.69) is 16.9 Å². The molecule has 1 unspecified atom stereocenters. The Labute approximate surface area is 150 Å². The lowest BCUT2D eigenvalue weighted by Crippen LogP contribution is -2.30. The average Bonchev–Trinajstić information content (AvgIpc) is 3.08. The molecular weight excluding hydrogens is 338 g/mol. The standard InChI is InChI=1S/C18H21N3O3S/c1-5-16(23)21(10-13-9-20-18(25-13)12(3)22)15-8-6-7-14(11(15)2)17(24)19-4/h5-9,12,22H,1,10H2,2-4H3,(H,19,24). The van der Waals surface area contributed by atoms with Crippen LogP contribution in [0.15, 0.2) is 37.1 Å². The smallest absolute Gasteiger partial charge is 0.251 e. The van der Waals surface area contributed by atoms with Crippen LogP contribution in [0.4, 0.5) is 5.69 Å². The van der Waals surface area contributed by atoms with Crippen LogP contribution in [0.2, 0.25) is 0 Å². The fourth-order valence-electron chi connectivity index (χ4n) is 2.43. The van der Waals surface area contributed by atoms with E-state index < -0.39 is 6.10 Å². The van der Waals surface area contributed by atoms with Crippen molar-refractivity contribution in [2.75, 3.05) is 11.9 Å². The molecule has 2 aromatic rings. The van der Waals surface area contributed by atoms with Crippen molar-refractivity contribution in [3.63, 3.8) is 0 Å². The van der Waals surface area contributed by atoms with Gasteiger partial charge in [-0.25, -0.2) is 4.98 Å². The third kappa shape index (κ3) is 4.12. The molecule has 0 radical (unpaired) electrons. The van der Waals surface area contributed by atoms with Crippen molar-refractivity contribution in [1.29, 1.82) is 0 Å². The summed E-state index contributed by atoms with van der Waals surface area (Å²) in [5, 5.41) is 12.8. The van der Waals surface area contributed by atoms with Crippen LogP contribution in [0.5, 0.6) is 0 Å². The van der Waals surface area contributed by atoms with Crippen molar-refractivity contribution in [3.8, 4) is 0 Å². The molecule has 0 saturated carbocycles. The number of aromatic nitrogens is 1. The van der Waals surface area contributed by atoms with Crippen LogP contribution in [-0.2, 0) is 11.3 Å². The molecule has 6 nitrogen and oxygen atoms in total. The Bertz CT molecular complexity index is 799. The van der Waals surface area contributed by atoms with Crippen LogP contribution in [0, 0.1) is 6.92 Å². The van der Waals surface area contributed by atoms with Gasteiger partial charge in [-0.2, -0.15) is 0 Å². The number of rotatable bonds is 6. The molecule has 132 valence electrons. The van der Waals surface area contributed by atoms with Crippen molar-refractivity contribution < 1.29 is 14.7 Å². The Balaban J connectivity index is 2.42. The highest BCUT2D eigenvalue weighted by Gasteiger charge is 2.20. The van der Waals surface area contributed by atoms with Crippen LogP contribution >= 0.6 is 11.3 Å². The van der Waals surface area contributed by atoms with E-state index in [1.54, 1.807) is 50.2 Å². The first-order valence-electron chi connectivity index (χ1n) is 7.77. The molecule has 1 atom stereocenters. The molecule has 0 fully saturated rings. The van der Waals surface area contributed by atoms with Gasteiger partial charge >= 0.3 is 0 Å². The summed E-state index contributed by atoms with van der Waals surface area (Å²) in [4.78, 5) is 31.0. The highest BCUT2D eigenvalue weighted by atomic mass is 32.1. The summed E-state index contributed by atoms with van der Waals surface area (Å²) in [6.07, 6.45) is 2.23. The zero-order valence-electron chi connectivity index (χ0n) is 14.4. The summed E-state index contributed by atoms with van der Waals surface area (Å²) < 4.78 is 0. The number of nitrogens with one attached hydrogen (secondary N) is 1. The second-order valence-electron chi connectivity index (χ2n) is 5.50. The fourth-order valence-corrected chi connectivity index (χ4v) is 3.28. The van der Waals surface area contributed by atoms with Gasteiger partial charge in [-0.05, 0) is 37.6 Å². The quantitative estimate of drug-likeness (QED) is 0.777. The predicted octanol–water partition coefficient (Wildman–Crippen LogP) is 2.58. The minimum atomic E-state index is -0.652. The molecular formula is C18H21N3O3S. The van der Waals surface area contributed by atoms with E-state index in [-0.39, 0.29) is 18.4 Å². The topological polar surface area (TPSA) is 82.5 Å². The Morgan fingerprint density at radius 1 is 1.48 bits per heavy atom. The molecule has 0 aliphatic carbocycles. The molecule has 2 amide bonds. The molecule has 0 saturated heterocycles. The zero-order valence-corrected chi connectivity index (χ0v) is 15.3. The molecule has 7 heteroatoms. The number of nitrogens with zero attached hydrogens (tertiary/aromatic N) is 2. The maximum absolute atomic E-state index is 12.4. The molecule has 2 N–H and O–H groups in total. The summed E-state index contributed by atoms with van der Waals surface area (Å²) in [6.45, 7) is 7.30. The number of hydrogen-bond donors (Lipinski definition) is 2. The first kappa shape index (κ1) is 18.8. The average molecular weight is 359 g/mol.